The van der Waals surface area contributed by atoms with Crippen LogP contribution in [-0.2, 0) is 14.8 Å². The van der Waals surface area contributed by atoms with E-state index in [1.54, 1.807) is 0 Å². The van der Waals surface area contributed by atoms with Gasteiger partial charge in [-0.2, -0.15) is 5.10 Å². The van der Waals surface area contributed by atoms with Gasteiger partial charge in [0, 0.05) is 13.2 Å². The molecule has 0 unspecified atom stereocenters. The summed E-state index contributed by atoms with van der Waals surface area (Å²) in [5, 5.41) is 13.7. The number of rotatable bonds is 8. The molecule has 20 heavy (non-hydrogen) atoms. The lowest BCUT2D eigenvalue weighted by atomic mass is 10.3. The van der Waals surface area contributed by atoms with Gasteiger partial charge in [0.1, 0.15) is 4.90 Å². The van der Waals surface area contributed by atoms with Crippen molar-refractivity contribution >= 4 is 15.9 Å². The molecule has 0 aromatic carbocycles. The van der Waals surface area contributed by atoms with Crippen molar-refractivity contribution in [1.82, 2.24) is 15.5 Å². The lowest BCUT2D eigenvalue weighted by Crippen LogP contribution is -2.29. The Morgan fingerprint density at radius 2 is 2.15 bits per heavy atom. The highest BCUT2D eigenvalue weighted by Gasteiger charge is 2.25. The van der Waals surface area contributed by atoms with Gasteiger partial charge in [-0.05, 0) is 13.3 Å². The van der Waals surface area contributed by atoms with Gasteiger partial charge in [0.2, 0.25) is 10.0 Å². The smallest absolute Gasteiger partial charge is 0.273 e. The Bertz CT molecular complexity index is 553. The molecule has 1 amide bonds. The first kappa shape index (κ1) is 16.6. The van der Waals surface area contributed by atoms with Crippen LogP contribution in [0.25, 0.3) is 0 Å². The Morgan fingerprint density at radius 1 is 1.45 bits per heavy atom. The van der Waals surface area contributed by atoms with Gasteiger partial charge in [-0.3, -0.25) is 9.89 Å². The molecule has 0 aliphatic heterocycles. The Kier molecular flexibility index (Phi) is 6.11. The van der Waals surface area contributed by atoms with Gasteiger partial charge in [0.25, 0.3) is 5.91 Å². The third-order valence-corrected chi connectivity index (χ3v) is 3.63. The number of amides is 1. The predicted octanol–water partition coefficient (Wildman–Crippen LogP) is -0.0880. The number of primary sulfonamides is 1. The number of carbonyl (C=O) groups excluding carboxylic acids is 1. The number of hydrogen-bond acceptors (Lipinski definition) is 5. The monoisotopic (exact) mass is 304 g/mol. The number of unbranched alkanes of at least 4 members (excludes halogenated alkanes) is 1. The summed E-state index contributed by atoms with van der Waals surface area (Å²) in [5.41, 5.74) is 0.00963. The number of carbonyl (C=O) groups is 1. The van der Waals surface area contributed by atoms with E-state index in [0.29, 0.717) is 13.2 Å². The molecule has 0 saturated heterocycles. The Balaban J connectivity index is 2.57. The number of nitrogens with zero attached hydrogens (tertiary/aromatic N) is 1. The van der Waals surface area contributed by atoms with Crippen LogP contribution >= 0.6 is 0 Å². The SMILES string of the molecule is CCCCOCCNC(=O)c1n[nH]c(C)c1S(N)(=O)=O. The van der Waals surface area contributed by atoms with Gasteiger partial charge in [-0.25, -0.2) is 13.6 Å². The molecule has 0 saturated carbocycles. The van der Waals surface area contributed by atoms with Gasteiger partial charge in [-0.1, -0.05) is 13.3 Å². The second kappa shape index (κ2) is 7.36. The molecule has 1 heterocycles. The molecule has 114 valence electrons. The molecule has 8 nitrogen and oxygen atoms in total. The summed E-state index contributed by atoms with van der Waals surface area (Å²) in [4.78, 5) is 11.6. The van der Waals surface area contributed by atoms with Crippen LogP contribution in [0.2, 0.25) is 0 Å². The van der Waals surface area contributed by atoms with Crippen LogP contribution < -0.4 is 10.5 Å². The van der Waals surface area contributed by atoms with Crippen molar-refractivity contribution in [2.45, 2.75) is 31.6 Å². The average Bonchev–Trinajstić information content (AvgIpc) is 2.75. The number of nitrogens with one attached hydrogen (secondary N) is 2. The topological polar surface area (TPSA) is 127 Å². The second-order valence-electron chi connectivity index (χ2n) is 4.29. The van der Waals surface area contributed by atoms with Crippen LogP contribution in [0, 0.1) is 6.92 Å². The number of nitrogens with two attached hydrogens (primary N) is 1. The molecule has 0 spiro atoms. The highest BCUT2D eigenvalue weighted by molar-refractivity contribution is 7.89. The molecule has 4 N–H and O–H groups in total. The Labute approximate surface area is 118 Å². The summed E-state index contributed by atoms with van der Waals surface area (Å²) in [6.45, 7) is 4.81. The minimum absolute atomic E-state index is 0.224. The molecule has 1 rings (SSSR count). The first-order valence-corrected chi connectivity index (χ1v) is 7.86. The zero-order valence-corrected chi connectivity index (χ0v) is 12.4. The van der Waals surface area contributed by atoms with E-state index in [-0.39, 0.29) is 22.8 Å². The minimum atomic E-state index is -3.99. The molecule has 0 aliphatic rings. The van der Waals surface area contributed by atoms with E-state index in [4.69, 9.17) is 9.88 Å². The molecular formula is C11H20N4O4S. The molecule has 1 aromatic rings. The minimum Gasteiger partial charge on any atom is -0.380 e. The largest absolute Gasteiger partial charge is 0.380 e. The van der Waals surface area contributed by atoms with Gasteiger partial charge in [0.15, 0.2) is 5.69 Å². The Morgan fingerprint density at radius 3 is 2.75 bits per heavy atom. The Hall–Kier alpha value is -1.45. The summed E-state index contributed by atoms with van der Waals surface area (Å²) >= 11 is 0. The van der Waals surface area contributed by atoms with E-state index < -0.39 is 15.9 Å². The average molecular weight is 304 g/mol. The lowest BCUT2D eigenvalue weighted by molar-refractivity contribution is 0.0905. The number of sulfonamides is 1. The standard InChI is InChI=1S/C11H20N4O4S/c1-3-4-6-19-7-5-13-11(16)9-10(20(12,17)18)8(2)14-15-9/h3-7H2,1-2H3,(H,13,16)(H,14,15)(H2,12,17,18). The molecule has 0 radical (unpaired) electrons. The first-order valence-electron chi connectivity index (χ1n) is 6.31. The molecule has 0 bridgehead atoms. The first-order chi connectivity index (χ1) is 9.38. The van der Waals surface area contributed by atoms with Gasteiger partial charge >= 0.3 is 0 Å². The van der Waals surface area contributed by atoms with Crippen LogP contribution in [0.4, 0.5) is 0 Å². The number of aromatic nitrogens is 2. The summed E-state index contributed by atoms with van der Waals surface area (Å²) in [6.07, 6.45) is 2.00. The normalized spacial score (nSPS) is 11.6. The number of ether oxygens (including phenoxy) is 1. The number of H-pyrrole nitrogens is 1. The van der Waals surface area contributed by atoms with E-state index in [1.807, 2.05) is 0 Å². The van der Waals surface area contributed by atoms with Crippen LogP contribution in [-0.4, -0.2) is 44.3 Å². The van der Waals surface area contributed by atoms with Crippen molar-refractivity contribution in [1.29, 1.82) is 0 Å². The zero-order valence-electron chi connectivity index (χ0n) is 11.6. The van der Waals surface area contributed by atoms with E-state index in [2.05, 4.69) is 22.4 Å². The van der Waals surface area contributed by atoms with Gasteiger partial charge in [-0.15, -0.1) is 0 Å². The third-order valence-electron chi connectivity index (χ3n) is 2.56. The van der Waals surface area contributed by atoms with Crippen molar-refractivity contribution < 1.29 is 17.9 Å². The lowest BCUT2D eigenvalue weighted by Gasteiger charge is -2.05. The summed E-state index contributed by atoms with van der Waals surface area (Å²) < 4.78 is 28.1. The maximum Gasteiger partial charge on any atom is 0.273 e. The van der Waals surface area contributed by atoms with Crippen molar-refractivity contribution in [3.8, 4) is 0 Å². The van der Waals surface area contributed by atoms with Crippen molar-refractivity contribution in [3.63, 3.8) is 0 Å². The number of aromatic amines is 1. The molecule has 0 aliphatic carbocycles. The molecule has 0 atom stereocenters. The van der Waals surface area contributed by atoms with Gasteiger partial charge < -0.3 is 10.1 Å². The maximum atomic E-state index is 11.8. The molecule has 9 heteroatoms. The van der Waals surface area contributed by atoms with Crippen molar-refractivity contribution in [2.75, 3.05) is 19.8 Å². The quantitative estimate of drug-likeness (QED) is 0.578. The van der Waals surface area contributed by atoms with Crippen LogP contribution in [0.3, 0.4) is 0 Å². The summed E-state index contributed by atoms with van der Waals surface area (Å²) in [7, 11) is -3.99. The number of aryl methyl sites for hydroxylation is 1. The van der Waals surface area contributed by atoms with Crippen LogP contribution in [0.1, 0.15) is 35.9 Å². The predicted molar refractivity (Wildman–Crippen MR) is 72.8 cm³/mol. The summed E-state index contributed by atoms with van der Waals surface area (Å²) in [6, 6.07) is 0. The highest BCUT2D eigenvalue weighted by atomic mass is 32.2. The van der Waals surface area contributed by atoms with Crippen LogP contribution in [0.5, 0.6) is 0 Å². The highest BCUT2D eigenvalue weighted by Crippen LogP contribution is 2.15. The fourth-order valence-electron chi connectivity index (χ4n) is 1.59. The third kappa shape index (κ3) is 4.58. The van der Waals surface area contributed by atoms with Gasteiger partial charge in [0.05, 0.1) is 12.3 Å². The van der Waals surface area contributed by atoms with Crippen molar-refractivity contribution in [2.24, 2.45) is 5.14 Å². The van der Waals surface area contributed by atoms with E-state index in [0.717, 1.165) is 12.8 Å². The fraction of sp³-hybridized carbons (Fsp3) is 0.636. The second-order valence-corrected chi connectivity index (χ2v) is 5.79. The van der Waals surface area contributed by atoms with E-state index in [1.165, 1.54) is 6.92 Å². The van der Waals surface area contributed by atoms with Crippen LogP contribution in [0.15, 0.2) is 4.90 Å². The van der Waals surface area contributed by atoms with Crippen molar-refractivity contribution in [3.05, 3.63) is 11.4 Å². The molecule has 1 aromatic heterocycles. The summed E-state index contributed by atoms with van der Waals surface area (Å²) in [5.74, 6) is -0.600. The fourth-order valence-corrected chi connectivity index (χ4v) is 2.47. The van der Waals surface area contributed by atoms with E-state index >= 15 is 0 Å². The van der Waals surface area contributed by atoms with E-state index in [9.17, 15) is 13.2 Å². The zero-order chi connectivity index (χ0) is 15.2. The number of hydrogen-bond donors (Lipinski definition) is 3. The molecule has 0 fully saturated rings. The molecular weight excluding hydrogens is 284 g/mol. The maximum absolute atomic E-state index is 11.8.